The van der Waals surface area contributed by atoms with Crippen molar-refractivity contribution in [1.82, 2.24) is 10.3 Å². The van der Waals surface area contributed by atoms with Crippen LogP contribution in [0.1, 0.15) is 21.9 Å². The number of amides is 2. The maximum absolute atomic E-state index is 13.9. The van der Waals surface area contributed by atoms with E-state index in [1.165, 1.54) is 18.4 Å². The first-order valence-corrected chi connectivity index (χ1v) is 11.8. The Morgan fingerprint density at radius 3 is 2.52 bits per heavy atom. The lowest BCUT2D eigenvalue weighted by Crippen LogP contribution is -2.68. The van der Waals surface area contributed by atoms with Crippen molar-refractivity contribution in [2.75, 3.05) is 33.4 Å². The molecule has 1 aliphatic heterocycles. The van der Waals surface area contributed by atoms with Gasteiger partial charge in [-0.2, -0.15) is 9.28 Å². The molecule has 2 atom stereocenters. The number of benzene rings is 2. The molecule has 1 fully saturated rings. The molecule has 33 heavy (non-hydrogen) atoms. The summed E-state index contributed by atoms with van der Waals surface area (Å²) >= 11 is 1.46. The first-order valence-electron chi connectivity index (χ1n) is 11.0. The standard InChI is InChI=1S/C25H28N3O4S/c1-18-27-22(23(33-18)19-9-5-3-6-10-19)24(29)28(25(30)31-2)15-14-26-20(17-28)13-16-32-21-11-7-4-8-12-21/h3-12,20,26H,13-17H2,1-2H3/q+1. The van der Waals surface area contributed by atoms with E-state index in [1.807, 2.05) is 67.6 Å². The van der Waals surface area contributed by atoms with E-state index >= 15 is 0 Å². The number of rotatable bonds is 6. The summed E-state index contributed by atoms with van der Waals surface area (Å²) in [5.41, 5.74) is 1.24. The topological polar surface area (TPSA) is 77.5 Å². The number of carbonyl (C=O) groups excluding carboxylic acids is 2. The van der Waals surface area contributed by atoms with Gasteiger partial charge in [0.25, 0.3) is 0 Å². The van der Waals surface area contributed by atoms with E-state index < -0.39 is 10.6 Å². The molecule has 2 aromatic carbocycles. The van der Waals surface area contributed by atoms with Crippen LogP contribution in [-0.2, 0) is 4.74 Å². The van der Waals surface area contributed by atoms with Gasteiger partial charge in [0.05, 0.1) is 29.6 Å². The molecule has 1 aliphatic rings. The molecular formula is C25H28N3O4S+. The molecule has 1 saturated heterocycles. The number of hydrogen-bond donors (Lipinski definition) is 1. The second-order valence-corrected chi connectivity index (χ2v) is 9.23. The number of thiazole rings is 1. The second-order valence-electron chi connectivity index (χ2n) is 8.03. The predicted octanol–water partition coefficient (Wildman–Crippen LogP) is 4.28. The van der Waals surface area contributed by atoms with Gasteiger partial charge in [-0.05, 0) is 24.6 Å². The summed E-state index contributed by atoms with van der Waals surface area (Å²) in [6, 6.07) is 19.2. The fourth-order valence-electron chi connectivity index (χ4n) is 4.19. The van der Waals surface area contributed by atoms with Crippen LogP contribution in [0.3, 0.4) is 0 Å². The molecule has 2 unspecified atom stereocenters. The molecule has 172 valence electrons. The number of nitrogens with one attached hydrogen (secondary N) is 1. The van der Waals surface area contributed by atoms with Gasteiger partial charge in [-0.15, -0.1) is 11.3 Å². The number of hydrogen-bond acceptors (Lipinski definition) is 7. The molecule has 7 nitrogen and oxygen atoms in total. The van der Waals surface area contributed by atoms with Crippen molar-refractivity contribution in [3.05, 3.63) is 71.4 Å². The first kappa shape index (κ1) is 23.1. The lowest BCUT2D eigenvalue weighted by molar-refractivity contribution is -0.781. The molecule has 0 spiro atoms. The van der Waals surface area contributed by atoms with Gasteiger partial charge in [-0.25, -0.2) is 9.78 Å². The number of piperazine rings is 1. The van der Waals surface area contributed by atoms with Gasteiger partial charge in [-0.3, -0.25) is 0 Å². The molecule has 0 aliphatic carbocycles. The molecule has 1 aromatic heterocycles. The van der Waals surface area contributed by atoms with Crippen molar-refractivity contribution in [3.63, 3.8) is 0 Å². The lowest BCUT2D eigenvalue weighted by atomic mass is 10.1. The largest absolute Gasteiger partial charge is 0.523 e. The Bertz CT molecular complexity index is 1100. The third-order valence-corrected chi connectivity index (χ3v) is 6.84. The normalized spacial score (nSPS) is 20.2. The number of quaternary nitrogens is 1. The maximum Gasteiger partial charge on any atom is 0.523 e. The smallest absolute Gasteiger partial charge is 0.494 e. The van der Waals surface area contributed by atoms with E-state index in [1.54, 1.807) is 0 Å². The predicted molar refractivity (Wildman–Crippen MR) is 127 cm³/mol. The van der Waals surface area contributed by atoms with Crippen LogP contribution in [0.5, 0.6) is 5.75 Å². The van der Waals surface area contributed by atoms with Crippen molar-refractivity contribution in [1.29, 1.82) is 0 Å². The molecule has 0 saturated carbocycles. The number of aryl methyl sites for hydroxylation is 1. The van der Waals surface area contributed by atoms with Crippen LogP contribution in [0, 0.1) is 6.92 Å². The second kappa shape index (κ2) is 10.2. The van der Waals surface area contributed by atoms with Crippen LogP contribution in [-0.4, -0.2) is 60.9 Å². The summed E-state index contributed by atoms with van der Waals surface area (Å²) in [6.07, 6.45) is 0.0982. The van der Waals surface area contributed by atoms with Crippen molar-refractivity contribution >= 4 is 23.3 Å². The summed E-state index contributed by atoms with van der Waals surface area (Å²) in [7, 11) is 1.33. The first-order chi connectivity index (χ1) is 16.0. The molecule has 0 bridgehead atoms. The van der Waals surface area contributed by atoms with Gasteiger partial charge in [0, 0.05) is 13.0 Å². The number of ether oxygens (including phenoxy) is 2. The number of methoxy groups -OCH3 is 1. The van der Waals surface area contributed by atoms with Crippen molar-refractivity contribution < 1.29 is 23.5 Å². The van der Waals surface area contributed by atoms with Crippen molar-refractivity contribution in [3.8, 4) is 16.2 Å². The number of imide groups is 1. The Morgan fingerprint density at radius 1 is 1.12 bits per heavy atom. The van der Waals surface area contributed by atoms with Gasteiger partial charge in [0.2, 0.25) is 0 Å². The van der Waals surface area contributed by atoms with Crippen LogP contribution in [0.25, 0.3) is 10.4 Å². The highest BCUT2D eigenvalue weighted by Crippen LogP contribution is 2.33. The highest BCUT2D eigenvalue weighted by atomic mass is 32.1. The zero-order chi connectivity index (χ0) is 23.3. The van der Waals surface area contributed by atoms with Gasteiger partial charge < -0.3 is 14.8 Å². The Balaban J connectivity index is 1.57. The van der Waals surface area contributed by atoms with E-state index in [4.69, 9.17) is 9.47 Å². The van der Waals surface area contributed by atoms with Crippen LogP contribution < -0.4 is 10.1 Å². The minimum absolute atomic E-state index is 0.0783. The van der Waals surface area contributed by atoms with Crippen molar-refractivity contribution in [2.24, 2.45) is 0 Å². The Kier molecular flexibility index (Phi) is 7.17. The van der Waals surface area contributed by atoms with E-state index in [-0.39, 0.29) is 18.5 Å². The molecule has 2 heterocycles. The van der Waals surface area contributed by atoms with Gasteiger partial charge in [0.15, 0.2) is 5.69 Å². The SMILES string of the molecule is COC(=O)[N+]1(C(=O)c2nc(C)sc2-c2ccccc2)CCNC(CCOc2ccccc2)C1. The number of aromatic nitrogens is 1. The molecular weight excluding hydrogens is 438 g/mol. The molecule has 4 rings (SSSR count). The average molecular weight is 467 g/mol. The third-order valence-electron chi connectivity index (χ3n) is 5.82. The monoisotopic (exact) mass is 466 g/mol. The van der Waals surface area contributed by atoms with Crippen LogP contribution in [0.15, 0.2) is 60.7 Å². The van der Waals surface area contributed by atoms with Gasteiger partial charge in [0.1, 0.15) is 18.8 Å². The molecule has 1 N–H and O–H groups in total. The summed E-state index contributed by atoms with van der Waals surface area (Å²) in [6.45, 7) is 3.46. The van der Waals surface area contributed by atoms with Crippen LogP contribution in [0.4, 0.5) is 4.79 Å². The maximum atomic E-state index is 13.9. The van der Waals surface area contributed by atoms with E-state index in [9.17, 15) is 9.59 Å². The average Bonchev–Trinajstić information content (AvgIpc) is 3.26. The number of para-hydroxylation sites is 1. The van der Waals surface area contributed by atoms with E-state index in [2.05, 4.69) is 10.3 Å². The summed E-state index contributed by atoms with van der Waals surface area (Å²) in [4.78, 5) is 32.3. The summed E-state index contributed by atoms with van der Waals surface area (Å²) in [5, 5.41) is 4.20. The Morgan fingerprint density at radius 2 is 1.82 bits per heavy atom. The van der Waals surface area contributed by atoms with Crippen molar-refractivity contribution in [2.45, 2.75) is 19.4 Å². The lowest BCUT2D eigenvalue weighted by Gasteiger charge is -2.38. The number of carbonyl (C=O) groups is 2. The Labute approximate surface area is 197 Å². The number of nitrogens with zero attached hydrogens (tertiary/aromatic N) is 2. The highest BCUT2D eigenvalue weighted by molar-refractivity contribution is 7.15. The van der Waals surface area contributed by atoms with E-state index in [0.717, 1.165) is 21.2 Å². The zero-order valence-electron chi connectivity index (χ0n) is 18.8. The highest BCUT2D eigenvalue weighted by Gasteiger charge is 2.51. The zero-order valence-corrected chi connectivity index (χ0v) is 19.6. The molecule has 8 heteroatoms. The fraction of sp³-hybridized carbons (Fsp3) is 0.320. The van der Waals surface area contributed by atoms with Gasteiger partial charge >= 0.3 is 12.0 Å². The van der Waals surface area contributed by atoms with Crippen LogP contribution >= 0.6 is 11.3 Å². The minimum Gasteiger partial charge on any atom is -0.494 e. The third kappa shape index (κ3) is 4.98. The summed E-state index contributed by atoms with van der Waals surface area (Å²) in [5.74, 6) is 0.476. The summed E-state index contributed by atoms with van der Waals surface area (Å²) < 4.78 is 10.6. The van der Waals surface area contributed by atoms with Gasteiger partial charge in [-0.1, -0.05) is 48.5 Å². The fourth-order valence-corrected chi connectivity index (χ4v) is 5.10. The molecule has 3 aromatic rings. The molecule has 0 radical (unpaired) electrons. The Hall–Kier alpha value is -3.07. The quantitative estimate of drug-likeness (QED) is 0.547. The van der Waals surface area contributed by atoms with E-state index in [0.29, 0.717) is 31.8 Å². The van der Waals surface area contributed by atoms with Crippen LogP contribution in [0.2, 0.25) is 0 Å². The minimum atomic E-state index is -0.555. The molecule has 2 amide bonds.